The number of rotatable bonds is 5. The first kappa shape index (κ1) is 16.1. The van der Waals surface area contributed by atoms with Gasteiger partial charge >= 0.3 is 8.03 Å². The van der Waals surface area contributed by atoms with Crippen molar-refractivity contribution in [3.8, 4) is 0 Å². The van der Waals surface area contributed by atoms with E-state index in [2.05, 4.69) is 5.32 Å². The van der Waals surface area contributed by atoms with Crippen LogP contribution in [-0.2, 0) is 9.85 Å². The Morgan fingerprint density at radius 3 is 2.14 bits per heavy atom. The smallest absolute Gasteiger partial charge is 0.399 e. The predicted molar refractivity (Wildman–Crippen MR) is 88.1 cm³/mol. The van der Waals surface area contributed by atoms with Crippen molar-refractivity contribution in [1.82, 2.24) is 0 Å². The molecule has 2 unspecified atom stereocenters. The molecule has 2 atom stereocenters. The van der Waals surface area contributed by atoms with E-state index in [1.54, 1.807) is 55.5 Å². The first-order chi connectivity index (χ1) is 10.3. The van der Waals surface area contributed by atoms with Crippen molar-refractivity contribution in [2.24, 2.45) is 0 Å². The van der Waals surface area contributed by atoms with Crippen molar-refractivity contribution in [1.29, 1.82) is 0 Å². The number of nitrogen functional groups attached to an aromatic ring is 1. The lowest BCUT2D eigenvalue weighted by Crippen LogP contribution is -2.28. The van der Waals surface area contributed by atoms with E-state index >= 15 is 0 Å². The summed E-state index contributed by atoms with van der Waals surface area (Å²) in [5, 5.41) is 1.92. The zero-order chi connectivity index (χ0) is 16.3. The molecule has 0 aliphatic carbocycles. The average molecular weight is 317 g/mol. The van der Waals surface area contributed by atoms with E-state index in [1.165, 1.54) is 6.92 Å². The molecule has 0 fully saturated rings. The lowest BCUT2D eigenvalue weighted by molar-refractivity contribution is 0.101. The molecule has 5 nitrogen and oxygen atoms in total. The van der Waals surface area contributed by atoms with Gasteiger partial charge in [-0.1, -0.05) is 12.1 Å². The van der Waals surface area contributed by atoms with Crippen LogP contribution in [0.1, 0.15) is 29.8 Å². The first-order valence-electron chi connectivity index (χ1n) is 6.74. The van der Waals surface area contributed by atoms with Gasteiger partial charge in [0.25, 0.3) is 5.28 Å². The van der Waals surface area contributed by atoms with Gasteiger partial charge < -0.3 is 11.1 Å². The van der Waals surface area contributed by atoms with Gasteiger partial charge in [0.1, 0.15) is 0 Å². The average Bonchev–Trinajstić information content (AvgIpc) is 2.48. The summed E-state index contributed by atoms with van der Waals surface area (Å²) in [6.07, 6.45) is 0. The largest absolute Gasteiger partial charge is 0.538 e. The topological polar surface area (TPSA) is 92.4 Å². The van der Waals surface area contributed by atoms with Crippen molar-refractivity contribution in [2.75, 3.05) is 11.1 Å². The molecule has 0 saturated heterocycles. The zero-order valence-electron chi connectivity index (χ0n) is 12.4. The molecule has 6 heteroatoms. The van der Waals surface area contributed by atoms with E-state index < -0.39 is 13.3 Å². The number of hydrogen-bond donors (Lipinski definition) is 3. The first-order valence-corrected chi connectivity index (χ1v) is 7.95. The number of carbonyl (C=O) groups excluding carboxylic acids is 1. The van der Waals surface area contributed by atoms with Crippen molar-refractivity contribution in [3.63, 3.8) is 0 Å². The maximum Gasteiger partial charge on any atom is 0.538 e. The fourth-order valence-corrected chi connectivity index (χ4v) is 2.70. The molecular formula is C16H18N2O3P+. The summed E-state index contributed by atoms with van der Waals surface area (Å²) in [6.45, 7) is 3.14. The molecule has 0 heterocycles. The Morgan fingerprint density at radius 1 is 1.14 bits per heavy atom. The van der Waals surface area contributed by atoms with Gasteiger partial charge in [-0.25, -0.2) is 0 Å². The van der Waals surface area contributed by atoms with E-state index in [0.717, 1.165) is 0 Å². The number of anilines is 2. The van der Waals surface area contributed by atoms with Crippen LogP contribution >= 0.6 is 8.03 Å². The summed E-state index contributed by atoms with van der Waals surface area (Å²) in [5.41, 5.74) is 8.14. The Hall–Kier alpha value is -2.23. The molecule has 2 aromatic carbocycles. The monoisotopic (exact) mass is 317 g/mol. The van der Waals surface area contributed by atoms with Crippen LogP contribution < -0.4 is 11.1 Å². The molecule has 2 rings (SSSR count). The Kier molecular flexibility index (Phi) is 4.59. The third-order valence-corrected chi connectivity index (χ3v) is 4.67. The van der Waals surface area contributed by atoms with Gasteiger partial charge in [0.05, 0.1) is 0 Å². The second-order valence-corrected chi connectivity index (χ2v) is 6.67. The van der Waals surface area contributed by atoms with Crippen LogP contribution in [0, 0.1) is 0 Å². The molecule has 22 heavy (non-hydrogen) atoms. The summed E-state index contributed by atoms with van der Waals surface area (Å²) in [5.74, 6) is -0.0268. The Labute approximate surface area is 130 Å². The van der Waals surface area contributed by atoms with Crippen molar-refractivity contribution in [3.05, 3.63) is 59.7 Å². The van der Waals surface area contributed by atoms with Crippen LogP contribution in [0.25, 0.3) is 0 Å². The number of nitrogens with one attached hydrogen (secondary N) is 1. The van der Waals surface area contributed by atoms with Crippen LogP contribution in [0.3, 0.4) is 0 Å². The number of Topliss-reactive ketones (excluding diaryl/α,β-unsaturated/α-hetero) is 1. The molecule has 114 valence electrons. The van der Waals surface area contributed by atoms with Crippen molar-refractivity contribution in [2.45, 2.75) is 19.1 Å². The summed E-state index contributed by atoms with van der Waals surface area (Å²) in [7, 11) is -2.54. The van der Waals surface area contributed by atoms with E-state index in [-0.39, 0.29) is 5.78 Å². The van der Waals surface area contributed by atoms with Gasteiger partial charge in [-0.05, 0) is 47.9 Å². The molecule has 4 N–H and O–H groups in total. The Morgan fingerprint density at radius 2 is 1.68 bits per heavy atom. The van der Waals surface area contributed by atoms with E-state index in [0.29, 0.717) is 22.5 Å². The highest BCUT2D eigenvalue weighted by molar-refractivity contribution is 7.39. The minimum atomic E-state index is -2.54. The SMILES string of the molecule is CC(=O)c1ccc(NC(C)(c2ccc(N)cc2)[P+](=O)O)cc1. The highest BCUT2D eigenvalue weighted by Crippen LogP contribution is 2.44. The third-order valence-electron chi connectivity index (χ3n) is 3.53. The normalized spacial score (nSPS) is 14.0. The second-order valence-electron chi connectivity index (χ2n) is 5.23. The lowest BCUT2D eigenvalue weighted by atomic mass is 10.1. The predicted octanol–water partition coefficient (Wildman–Crippen LogP) is 3.49. The number of carbonyl (C=O) groups is 1. The van der Waals surface area contributed by atoms with Gasteiger partial charge in [0.15, 0.2) is 5.78 Å². The zero-order valence-corrected chi connectivity index (χ0v) is 13.3. The van der Waals surface area contributed by atoms with Crippen molar-refractivity contribution < 1.29 is 14.3 Å². The summed E-state index contributed by atoms with van der Waals surface area (Å²) in [6, 6.07) is 13.6. The maximum absolute atomic E-state index is 11.9. The fraction of sp³-hybridized carbons (Fsp3) is 0.188. The molecule has 0 aromatic heterocycles. The Bertz CT molecular complexity index is 698. The van der Waals surface area contributed by atoms with Gasteiger partial charge in [-0.15, -0.1) is 0 Å². The fourth-order valence-electron chi connectivity index (χ4n) is 2.11. The number of nitrogens with two attached hydrogens (primary N) is 1. The van der Waals surface area contributed by atoms with Crippen LogP contribution in [0.5, 0.6) is 0 Å². The number of ketones is 1. The highest BCUT2D eigenvalue weighted by atomic mass is 31.1. The van der Waals surface area contributed by atoms with Gasteiger partial charge in [-0.2, -0.15) is 4.89 Å². The van der Waals surface area contributed by atoms with E-state index in [9.17, 15) is 14.3 Å². The summed E-state index contributed by atoms with van der Waals surface area (Å²) < 4.78 is 11.9. The Balaban J connectivity index is 2.34. The van der Waals surface area contributed by atoms with Crippen LogP contribution in [0.2, 0.25) is 0 Å². The van der Waals surface area contributed by atoms with Crippen LogP contribution in [0.4, 0.5) is 11.4 Å². The highest BCUT2D eigenvalue weighted by Gasteiger charge is 2.46. The minimum Gasteiger partial charge on any atom is -0.399 e. The maximum atomic E-state index is 11.9. The molecule has 0 bridgehead atoms. The minimum absolute atomic E-state index is 0.0268. The van der Waals surface area contributed by atoms with Gasteiger partial charge in [0, 0.05) is 29.4 Å². The quantitative estimate of drug-likeness (QED) is 0.446. The van der Waals surface area contributed by atoms with Crippen LogP contribution in [-0.4, -0.2) is 10.7 Å². The molecule has 0 amide bonds. The molecule has 0 radical (unpaired) electrons. The molecule has 0 saturated carbocycles. The summed E-state index contributed by atoms with van der Waals surface area (Å²) in [4.78, 5) is 21.0. The second kappa shape index (κ2) is 6.26. The molecular weight excluding hydrogens is 299 g/mol. The van der Waals surface area contributed by atoms with E-state index in [4.69, 9.17) is 5.73 Å². The van der Waals surface area contributed by atoms with Crippen LogP contribution in [0.15, 0.2) is 48.5 Å². The molecule has 2 aromatic rings. The summed E-state index contributed by atoms with van der Waals surface area (Å²) >= 11 is 0. The number of benzene rings is 2. The lowest BCUT2D eigenvalue weighted by Gasteiger charge is -2.20. The van der Waals surface area contributed by atoms with Gasteiger partial charge in [-0.3, -0.25) is 4.79 Å². The standard InChI is InChI=1S/C16H17N2O3P/c1-11(19)12-3-9-15(10-4-12)18-16(2,22(20)21)13-5-7-14(17)8-6-13/h3-10H,17H2,1-2H3,(H-,18,19,20,21)/p+1. The number of hydrogen-bond acceptors (Lipinski definition) is 4. The van der Waals surface area contributed by atoms with E-state index in [1.807, 2.05) is 0 Å². The van der Waals surface area contributed by atoms with Crippen molar-refractivity contribution >= 4 is 25.2 Å². The molecule has 0 aliphatic rings. The van der Waals surface area contributed by atoms with Gasteiger partial charge in [0.2, 0.25) is 0 Å². The molecule has 0 spiro atoms. The third kappa shape index (κ3) is 3.32. The molecule has 0 aliphatic heterocycles.